The molecule has 0 radical (unpaired) electrons. The third kappa shape index (κ3) is 2.18. The van der Waals surface area contributed by atoms with Gasteiger partial charge in [0.1, 0.15) is 0 Å². The average Bonchev–Trinajstić information content (AvgIpc) is 2.70. The monoisotopic (exact) mass is 288 g/mol. The maximum atomic E-state index is 11.8. The fourth-order valence-electron chi connectivity index (χ4n) is 1.85. The second kappa shape index (κ2) is 4.61. The molecule has 0 N–H and O–H groups in total. The predicted molar refractivity (Wildman–Crippen MR) is 68.2 cm³/mol. The average molecular weight is 289 g/mol. The van der Waals surface area contributed by atoms with Gasteiger partial charge in [-0.3, -0.25) is 4.79 Å². The molecule has 4 heteroatoms. The van der Waals surface area contributed by atoms with Crippen molar-refractivity contribution in [2.24, 2.45) is 5.92 Å². The standard InChI is InChI=1S/C13H9BrN2O/c1-2-9-6-13(17)16(8-9)12-4-3-10(7-15)5-11(12)14/h1,3-5,9H,6,8H2. The number of carbonyl (C=O) groups is 1. The van der Waals surface area contributed by atoms with E-state index in [1.165, 1.54) is 0 Å². The van der Waals surface area contributed by atoms with Crippen molar-refractivity contribution in [1.82, 2.24) is 0 Å². The number of benzene rings is 1. The molecule has 1 amide bonds. The molecule has 0 aromatic heterocycles. The lowest BCUT2D eigenvalue weighted by atomic mass is 10.1. The Morgan fingerprint density at radius 3 is 2.82 bits per heavy atom. The fraction of sp³-hybridized carbons (Fsp3) is 0.231. The summed E-state index contributed by atoms with van der Waals surface area (Å²) in [6.45, 7) is 0.542. The predicted octanol–water partition coefficient (Wildman–Crippen LogP) is 2.31. The zero-order valence-electron chi connectivity index (χ0n) is 8.98. The number of nitrogens with zero attached hydrogens (tertiary/aromatic N) is 2. The van der Waals surface area contributed by atoms with E-state index >= 15 is 0 Å². The minimum atomic E-state index is -0.0231. The van der Waals surface area contributed by atoms with Crippen LogP contribution in [0.5, 0.6) is 0 Å². The number of terminal acetylenes is 1. The molecule has 0 spiro atoms. The maximum absolute atomic E-state index is 11.8. The van der Waals surface area contributed by atoms with Crippen molar-refractivity contribution in [2.45, 2.75) is 6.42 Å². The van der Waals surface area contributed by atoms with E-state index in [2.05, 4.69) is 27.9 Å². The van der Waals surface area contributed by atoms with Crippen LogP contribution < -0.4 is 4.90 Å². The quantitative estimate of drug-likeness (QED) is 0.745. The van der Waals surface area contributed by atoms with Crippen LogP contribution in [0.4, 0.5) is 5.69 Å². The van der Waals surface area contributed by atoms with Crippen molar-refractivity contribution in [1.29, 1.82) is 5.26 Å². The van der Waals surface area contributed by atoms with Crippen molar-refractivity contribution in [3.63, 3.8) is 0 Å². The van der Waals surface area contributed by atoms with Crippen LogP contribution in [0.2, 0.25) is 0 Å². The van der Waals surface area contributed by atoms with Gasteiger partial charge in [-0.1, -0.05) is 0 Å². The lowest BCUT2D eigenvalue weighted by Gasteiger charge is -2.17. The molecule has 0 aliphatic carbocycles. The Hall–Kier alpha value is -1.78. The summed E-state index contributed by atoms with van der Waals surface area (Å²) in [6.07, 6.45) is 5.73. The van der Waals surface area contributed by atoms with E-state index in [1.807, 2.05) is 0 Å². The number of halogens is 1. The van der Waals surface area contributed by atoms with Gasteiger partial charge in [0.15, 0.2) is 0 Å². The zero-order chi connectivity index (χ0) is 12.4. The SMILES string of the molecule is C#CC1CC(=O)N(c2ccc(C#N)cc2Br)C1. The van der Waals surface area contributed by atoms with Crippen LogP contribution in [-0.4, -0.2) is 12.5 Å². The van der Waals surface area contributed by atoms with Crippen molar-refractivity contribution < 1.29 is 4.79 Å². The van der Waals surface area contributed by atoms with E-state index < -0.39 is 0 Å². The largest absolute Gasteiger partial charge is 0.310 e. The van der Waals surface area contributed by atoms with Crippen LogP contribution in [0.3, 0.4) is 0 Å². The molecular weight excluding hydrogens is 280 g/mol. The zero-order valence-corrected chi connectivity index (χ0v) is 10.6. The molecule has 2 rings (SSSR count). The maximum Gasteiger partial charge on any atom is 0.228 e. The number of hydrogen-bond donors (Lipinski definition) is 0. The lowest BCUT2D eigenvalue weighted by molar-refractivity contribution is -0.117. The van der Waals surface area contributed by atoms with Crippen molar-refractivity contribution in [3.8, 4) is 18.4 Å². The second-order valence-electron chi connectivity index (χ2n) is 3.85. The van der Waals surface area contributed by atoms with Gasteiger partial charge in [0, 0.05) is 23.4 Å². The molecule has 1 heterocycles. The summed E-state index contributed by atoms with van der Waals surface area (Å²) in [4.78, 5) is 13.5. The Kier molecular flexibility index (Phi) is 3.17. The second-order valence-corrected chi connectivity index (χ2v) is 4.70. The summed E-state index contributed by atoms with van der Waals surface area (Å²) < 4.78 is 0.738. The Morgan fingerprint density at radius 2 is 2.29 bits per heavy atom. The van der Waals surface area contributed by atoms with E-state index in [0.29, 0.717) is 18.5 Å². The molecule has 1 saturated heterocycles. The topological polar surface area (TPSA) is 44.1 Å². The number of hydrogen-bond acceptors (Lipinski definition) is 2. The third-order valence-corrected chi connectivity index (χ3v) is 3.36. The number of anilines is 1. The van der Waals surface area contributed by atoms with Crippen molar-refractivity contribution in [2.75, 3.05) is 11.4 Å². The highest BCUT2D eigenvalue weighted by atomic mass is 79.9. The van der Waals surface area contributed by atoms with E-state index in [0.717, 1.165) is 10.2 Å². The van der Waals surface area contributed by atoms with Gasteiger partial charge in [0.25, 0.3) is 0 Å². The van der Waals surface area contributed by atoms with Gasteiger partial charge in [0.2, 0.25) is 5.91 Å². The van der Waals surface area contributed by atoms with Gasteiger partial charge in [-0.2, -0.15) is 5.26 Å². The van der Waals surface area contributed by atoms with Gasteiger partial charge in [-0.05, 0) is 34.1 Å². The number of amides is 1. The van der Waals surface area contributed by atoms with Crippen molar-refractivity contribution >= 4 is 27.5 Å². The Morgan fingerprint density at radius 1 is 1.53 bits per heavy atom. The third-order valence-electron chi connectivity index (χ3n) is 2.73. The molecule has 1 unspecified atom stereocenters. The highest BCUT2D eigenvalue weighted by molar-refractivity contribution is 9.10. The van der Waals surface area contributed by atoms with Gasteiger partial charge in [0.05, 0.1) is 17.3 Å². The molecule has 1 aliphatic rings. The normalized spacial score (nSPS) is 18.9. The minimum Gasteiger partial charge on any atom is -0.310 e. The first-order chi connectivity index (χ1) is 8.15. The van der Waals surface area contributed by atoms with Crippen LogP contribution in [0, 0.1) is 29.6 Å². The van der Waals surface area contributed by atoms with E-state index in [4.69, 9.17) is 11.7 Å². The molecule has 0 bridgehead atoms. The van der Waals surface area contributed by atoms with Crippen LogP contribution in [-0.2, 0) is 4.79 Å². The summed E-state index contributed by atoms with van der Waals surface area (Å²) in [7, 11) is 0. The molecule has 1 aliphatic heterocycles. The molecule has 17 heavy (non-hydrogen) atoms. The van der Waals surface area contributed by atoms with E-state index in [1.54, 1.807) is 23.1 Å². The van der Waals surface area contributed by atoms with Crippen molar-refractivity contribution in [3.05, 3.63) is 28.2 Å². The first-order valence-corrected chi connectivity index (χ1v) is 5.91. The lowest BCUT2D eigenvalue weighted by Crippen LogP contribution is -2.24. The molecule has 84 valence electrons. The van der Waals surface area contributed by atoms with Crippen LogP contribution in [0.1, 0.15) is 12.0 Å². The smallest absolute Gasteiger partial charge is 0.228 e. The van der Waals surface area contributed by atoms with Crippen LogP contribution in [0.15, 0.2) is 22.7 Å². The number of rotatable bonds is 1. The minimum absolute atomic E-state index is 0.0231. The first-order valence-electron chi connectivity index (χ1n) is 5.12. The Balaban J connectivity index is 2.33. The van der Waals surface area contributed by atoms with Crippen LogP contribution >= 0.6 is 15.9 Å². The van der Waals surface area contributed by atoms with E-state index in [-0.39, 0.29) is 11.8 Å². The molecule has 1 aromatic rings. The van der Waals surface area contributed by atoms with Gasteiger partial charge >= 0.3 is 0 Å². The van der Waals surface area contributed by atoms with Gasteiger partial charge in [-0.25, -0.2) is 0 Å². The number of nitriles is 1. The number of carbonyl (C=O) groups excluding carboxylic acids is 1. The van der Waals surface area contributed by atoms with Gasteiger partial charge in [-0.15, -0.1) is 12.3 Å². The molecule has 1 atom stereocenters. The molecule has 0 saturated carbocycles. The van der Waals surface area contributed by atoms with Gasteiger partial charge < -0.3 is 4.90 Å². The summed E-state index contributed by atoms with van der Waals surface area (Å²) >= 11 is 3.37. The van der Waals surface area contributed by atoms with E-state index in [9.17, 15) is 4.79 Å². The summed E-state index contributed by atoms with van der Waals surface area (Å²) in [5.41, 5.74) is 1.33. The Labute approximate surface area is 108 Å². The molecule has 1 aromatic carbocycles. The first kappa shape index (κ1) is 11.7. The summed E-state index contributed by atoms with van der Waals surface area (Å²) in [5, 5.41) is 8.77. The molecule has 3 nitrogen and oxygen atoms in total. The van der Waals surface area contributed by atoms with Crippen LogP contribution in [0.25, 0.3) is 0 Å². The summed E-state index contributed by atoms with van der Waals surface area (Å²) in [5.74, 6) is 2.61. The highest BCUT2D eigenvalue weighted by Crippen LogP contribution is 2.31. The Bertz CT molecular complexity index is 554. The fourth-order valence-corrected chi connectivity index (χ4v) is 2.44. The summed E-state index contributed by atoms with van der Waals surface area (Å²) in [6, 6.07) is 7.21. The molecule has 1 fully saturated rings. The highest BCUT2D eigenvalue weighted by Gasteiger charge is 2.30. The molecular formula is C13H9BrN2O.